The third-order valence-electron chi connectivity index (χ3n) is 2.40. The smallest absolute Gasteiger partial charge is 0.320 e. The largest absolute Gasteiger partial charge is 0.480 e. The van der Waals surface area contributed by atoms with E-state index < -0.39 is 12.0 Å². The van der Waals surface area contributed by atoms with Gasteiger partial charge in [-0.05, 0) is 6.07 Å². The first-order valence-electron chi connectivity index (χ1n) is 5.26. The van der Waals surface area contributed by atoms with Crippen molar-refractivity contribution in [1.82, 2.24) is 4.98 Å². The topological polar surface area (TPSA) is 76.2 Å². The molecule has 0 bridgehead atoms. The average Bonchev–Trinajstić information content (AvgIpc) is 2.77. The molecule has 94 valence electrons. The van der Waals surface area contributed by atoms with Crippen LogP contribution in [-0.4, -0.2) is 22.1 Å². The summed E-state index contributed by atoms with van der Waals surface area (Å²) in [5.74, 6) is -1.01. The molecule has 3 N–H and O–H groups in total. The van der Waals surface area contributed by atoms with Crippen molar-refractivity contribution in [3.05, 3.63) is 40.4 Å². The second kappa shape index (κ2) is 5.48. The Hall–Kier alpha value is -1.43. The Morgan fingerprint density at radius 2 is 2.22 bits per heavy atom. The Balaban J connectivity index is 2.21. The lowest BCUT2D eigenvalue weighted by atomic mass is 10.2. The standard InChI is InChI=1S/C12H11ClN2O2S/c13-9-4-2-1-3-8(9)11-15-6-7(18-11)5-10(14)12(16)17/h1-4,6,10H,5,14H2,(H,16,17). The first-order chi connectivity index (χ1) is 8.58. The number of rotatable bonds is 4. The van der Waals surface area contributed by atoms with Crippen molar-refractivity contribution >= 4 is 28.9 Å². The van der Waals surface area contributed by atoms with Crippen molar-refractivity contribution in [2.75, 3.05) is 0 Å². The van der Waals surface area contributed by atoms with E-state index in [1.165, 1.54) is 11.3 Å². The van der Waals surface area contributed by atoms with Gasteiger partial charge in [-0.2, -0.15) is 0 Å². The molecule has 0 saturated heterocycles. The first kappa shape index (κ1) is 13.0. The highest BCUT2D eigenvalue weighted by Crippen LogP contribution is 2.31. The van der Waals surface area contributed by atoms with E-state index in [1.54, 1.807) is 12.3 Å². The normalized spacial score (nSPS) is 12.3. The van der Waals surface area contributed by atoms with E-state index >= 15 is 0 Å². The van der Waals surface area contributed by atoms with Gasteiger partial charge in [0.1, 0.15) is 11.0 Å². The maximum Gasteiger partial charge on any atom is 0.320 e. The third-order valence-corrected chi connectivity index (χ3v) is 3.78. The van der Waals surface area contributed by atoms with Gasteiger partial charge in [-0.15, -0.1) is 11.3 Å². The number of carboxylic acids is 1. The molecule has 0 aliphatic rings. The van der Waals surface area contributed by atoms with E-state index in [0.29, 0.717) is 5.02 Å². The maximum atomic E-state index is 10.7. The van der Waals surface area contributed by atoms with Gasteiger partial charge in [0.25, 0.3) is 0 Å². The van der Waals surface area contributed by atoms with Crippen LogP contribution in [0.15, 0.2) is 30.5 Å². The van der Waals surface area contributed by atoms with Crippen LogP contribution < -0.4 is 5.73 Å². The van der Waals surface area contributed by atoms with Gasteiger partial charge in [0.2, 0.25) is 0 Å². The van der Waals surface area contributed by atoms with Crippen LogP contribution in [0.5, 0.6) is 0 Å². The fraction of sp³-hybridized carbons (Fsp3) is 0.167. The third kappa shape index (κ3) is 2.87. The number of benzene rings is 1. The van der Waals surface area contributed by atoms with Gasteiger partial charge in [0.15, 0.2) is 0 Å². The van der Waals surface area contributed by atoms with Crippen molar-refractivity contribution in [3.63, 3.8) is 0 Å². The van der Waals surface area contributed by atoms with Crippen LogP contribution >= 0.6 is 22.9 Å². The van der Waals surface area contributed by atoms with Crippen LogP contribution in [0.2, 0.25) is 5.02 Å². The summed E-state index contributed by atoms with van der Waals surface area (Å²) in [6, 6.07) is 6.50. The van der Waals surface area contributed by atoms with Crippen LogP contribution in [0.4, 0.5) is 0 Å². The highest BCUT2D eigenvalue weighted by Gasteiger charge is 2.15. The number of aromatic nitrogens is 1. The fourth-order valence-electron chi connectivity index (χ4n) is 1.47. The molecular formula is C12H11ClN2O2S. The number of nitrogens with two attached hydrogens (primary N) is 1. The van der Waals surface area contributed by atoms with E-state index in [2.05, 4.69) is 4.98 Å². The van der Waals surface area contributed by atoms with E-state index in [1.807, 2.05) is 18.2 Å². The number of hydrogen-bond donors (Lipinski definition) is 2. The molecule has 1 unspecified atom stereocenters. The summed E-state index contributed by atoms with van der Waals surface area (Å²) in [6.07, 6.45) is 1.92. The molecule has 0 aliphatic heterocycles. The Morgan fingerprint density at radius 3 is 2.89 bits per heavy atom. The van der Waals surface area contributed by atoms with Gasteiger partial charge < -0.3 is 10.8 Å². The molecule has 4 nitrogen and oxygen atoms in total. The molecule has 0 saturated carbocycles. The zero-order chi connectivity index (χ0) is 13.1. The quantitative estimate of drug-likeness (QED) is 0.903. The number of hydrogen-bond acceptors (Lipinski definition) is 4. The maximum absolute atomic E-state index is 10.7. The van der Waals surface area contributed by atoms with Crippen LogP contribution in [-0.2, 0) is 11.2 Å². The molecule has 2 rings (SSSR count). The van der Waals surface area contributed by atoms with Crippen molar-refractivity contribution in [2.24, 2.45) is 5.73 Å². The van der Waals surface area contributed by atoms with Crippen molar-refractivity contribution in [1.29, 1.82) is 0 Å². The van der Waals surface area contributed by atoms with E-state index in [9.17, 15) is 4.79 Å². The molecular weight excluding hydrogens is 272 g/mol. The highest BCUT2D eigenvalue weighted by molar-refractivity contribution is 7.15. The van der Waals surface area contributed by atoms with Gasteiger partial charge in [-0.3, -0.25) is 4.79 Å². The van der Waals surface area contributed by atoms with Crippen LogP contribution in [0.3, 0.4) is 0 Å². The lowest BCUT2D eigenvalue weighted by Gasteiger charge is -2.02. The molecule has 0 aliphatic carbocycles. The second-order valence-corrected chi connectivity index (χ2v) is 5.28. The van der Waals surface area contributed by atoms with Gasteiger partial charge in [0.05, 0.1) is 5.02 Å². The molecule has 0 radical (unpaired) electrons. The van der Waals surface area contributed by atoms with Crippen molar-refractivity contribution in [2.45, 2.75) is 12.5 Å². The van der Waals surface area contributed by atoms with Gasteiger partial charge in [0, 0.05) is 23.1 Å². The fourth-order valence-corrected chi connectivity index (χ4v) is 2.76. The van der Waals surface area contributed by atoms with Crippen molar-refractivity contribution in [3.8, 4) is 10.6 Å². The lowest BCUT2D eigenvalue weighted by Crippen LogP contribution is -2.31. The Labute approximate surface area is 113 Å². The lowest BCUT2D eigenvalue weighted by molar-refractivity contribution is -0.138. The Morgan fingerprint density at radius 1 is 1.50 bits per heavy atom. The predicted molar refractivity (Wildman–Crippen MR) is 71.9 cm³/mol. The molecule has 2 aromatic rings. The summed E-state index contributed by atoms with van der Waals surface area (Å²) < 4.78 is 0. The first-order valence-corrected chi connectivity index (χ1v) is 6.45. The molecule has 1 aromatic heterocycles. The SMILES string of the molecule is NC(Cc1cnc(-c2ccccc2Cl)s1)C(=O)O. The zero-order valence-electron chi connectivity index (χ0n) is 9.34. The molecule has 1 atom stereocenters. The summed E-state index contributed by atoms with van der Waals surface area (Å²) in [7, 11) is 0. The predicted octanol–water partition coefficient (Wildman–Crippen LogP) is 2.42. The van der Waals surface area contributed by atoms with Crippen LogP contribution in [0, 0.1) is 0 Å². The number of nitrogens with zero attached hydrogens (tertiary/aromatic N) is 1. The van der Waals surface area contributed by atoms with E-state index in [-0.39, 0.29) is 6.42 Å². The number of aliphatic carboxylic acids is 1. The zero-order valence-corrected chi connectivity index (χ0v) is 10.9. The minimum absolute atomic E-state index is 0.275. The molecule has 6 heteroatoms. The number of carbonyl (C=O) groups is 1. The van der Waals surface area contributed by atoms with Gasteiger partial charge >= 0.3 is 5.97 Å². The summed E-state index contributed by atoms with van der Waals surface area (Å²) in [5, 5.41) is 10.1. The average molecular weight is 283 g/mol. The summed E-state index contributed by atoms with van der Waals surface area (Å²) in [4.78, 5) is 15.8. The molecule has 18 heavy (non-hydrogen) atoms. The number of thiazole rings is 1. The molecule has 0 fully saturated rings. The summed E-state index contributed by atoms with van der Waals surface area (Å²) in [5.41, 5.74) is 6.33. The van der Waals surface area contributed by atoms with Gasteiger partial charge in [-0.1, -0.05) is 29.8 Å². The molecule has 1 heterocycles. The number of halogens is 1. The van der Waals surface area contributed by atoms with E-state index in [0.717, 1.165) is 15.4 Å². The molecule has 0 amide bonds. The Kier molecular flexibility index (Phi) is 3.96. The molecule has 0 spiro atoms. The van der Waals surface area contributed by atoms with Crippen molar-refractivity contribution < 1.29 is 9.90 Å². The summed E-state index contributed by atoms with van der Waals surface area (Å²) >= 11 is 7.48. The Bertz CT molecular complexity index is 571. The number of carboxylic acid groups (broad SMARTS) is 1. The van der Waals surface area contributed by atoms with E-state index in [4.69, 9.17) is 22.4 Å². The van der Waals surface area contributed by atoms with Gasteiger partial charge in [-0.25, -0.2) is 4.98 Å². The summed E-state index contributed by atoms with van der Waals surface area (Å²) in [6.45, 7) is 0. The molecule has 1 aromatic carbocycles. The second-order valence-electron chi connectivity index (χ2n) is 3.76. The monoisotopic (exact) mass is 282 g/mol. The van der Waals surface area contributed by atoms with Crippen LogP contribution in [0.25, 0.3) is 10.6 Å². The minimum atomic E-state index is -1.01. The minimum Gasteiger partial charge on any atom is -0.480 e. The highest BCUT2D eigenvalue weighted by atomic mass is 35.5. The van der Waals surface area contributed by atoms with Crippen LogP contribution in [0.1, 0.15) is 4.88 Å².